The molecule has 0 aliphatic heterocycles. The zero-order valence-electron chi connectivity index (χ0n) is 12.3. The molecule has 1 heterocycles. The molecule has 4 nitrogen and oxygen atoms in total. The van der Waals surface area contributed by atoms with Crippen LogP contribution in [0.15, 0.2) is 41.0 Å². The van der Waals surface area contributed by atoms with Crippen molar-refractivity contribution in [3.05, 3.63) is 52.9 Å². The summed E-state index contributed by atoms with van der Waals surface area (Å²) < 4.78 is 16.0. The SMILES string of the molecule is CCNC(c1ccccc1OCCOC)c1ccoc1Cl. The Hall–Kier alpha value is -1.49. The number of hydrogen-bond acceptors (Lipinski definition) is 4. The first-order valence-electron chi connectivity index (χ1n) is 6.94. The molecular formula is C16H20ClNO3. The Bertz CT molecular complexity index is 556. The minimum Gasteiger partial charge on any atom is -0.491 e. The van der Waals surface area contributed by atoms with Crippen molar-refractivity contribution in [1.29, 1.82) is 0 Å². The standard InChI is InChI=1S/C16H20ClNO3/c1-3-18-15(13-8-9-21-16(13)17)12-6-4-5-7-14(12)20-11-10-19-2/h4-9,15,18H,3,10-11H2,1-2H3. The van der Waals surface area contributed by atoms with Gasteiger partial charge in [0.2, 0.25) is 0 Å². The van der Waals surface area contributed by atoms with Crippen molar-refractivity contribution in [2.75, 3.05) is 26.9 Å². The van der Waals surface area contributed by atoms with Crippen LogP contribution in [-0.4, -0.2) is 26.9 Å². The normalized spacial score (nSPS) is 12.3. The number of rotatable bonds is 8. The number of hydrogen-bond donors (Lipinski definition) is 1. The van der Waals surface area contributed by atoms with E-state index in [4.69, 9.17) is 25.5 Å². The average molecular weight is 310 g/mol. The Morgan fingerprint density at radius 2 is 2.00 bits per heavy atom. The summed E-state index contributed by atoms with van der Waals surface area (Å²) in [5.41, 5.74) is 1.93. The minimum atomic E-state index is -0.0694. The van der Waals surface area contributed by atoms with Crippen LogP contribution in [0.5, 0.6) is 5.75 Å². The number of benzene rings is 1. The quantitative estimate of drug-likeness (QED) is 0.756. The molecule has 1 aromatic carbocycles. The molecular weight excluding hydrogens is 290 g/mol. The monoisotopic (exact) mass is 309 g/mol. The van der Waals surface area contributed by atoms with Gasteiger partial charge in [-0.2, -0.15) is 0 Å². The van der Waals surface area contributed by atoms with E-state index in [-0.39, 0.29) is 6.04 Å². The van der Waals surface area contributed by atoms with Crippen molar-refractivity contribution in [2.24, 2.45) is 0 Å². The van der Waals surface area contributed by atoms with Gasteiger partial charge in [0, 0.05) is 18.2 Å². The van der Waals surface area contributed by atoms with E-state index in [9.17, 15) is 0 Å². The number of furan rings is 1. The molecule has 2 aromatic rings. The van der Waals surface area contributed by atoms with Crippen molar-refractivity contribution in [2.45, 2.75) is 13.0 Å². The number of nitrogens with one attached hydrogen (secondary N) is 1. The topological polar surface area (TPSA) is 43.6 Å². The lowest BCUT2D eigenvalue weighted by molar-refractivity contribution is 0.145. The van der Waals surface area contributed by atoms with E-state index in [0.717, 1.165) is 23.4 Å². The van der Waals surface area contributed by atoms with Crippen LogP contribution in [-0.2, 0) is 4.74 Å². The summed E-state index contributed by atoms with van der Waals surface area (Å²) in [4.78, 5) is 0. The fourth-order valence-corrected chi connectivity index (χ4v) is 2.41. The second kappa shape index (κ2) is 8.08. The smallest absolute Gasteiger partial charge is 0.198 e. The van der Waals surface area contributed by atoms with E-state index in [2.05, 4.69) is 12.2 Å². The Kier molecular flexibility index (Phi) is 6.11. The van der Waals surface area contributed by atoms with Gasteiger partial charge in [-0.25, -0.2) is 0 Å². The molecule has 1 N–H and O–H groups in total. The number of halogens is 1. The van der Waals surface area contributed by atoms with Gasteiger partial charge in [0.15, 0.2) is 5.22 Å². The lowest BCUT2D eigenvalue weighted by Crippen LogP contribution is -2.22. The van der Waals surface area contributed by atoms with Crippen LogP contribution in [0.3, 0.4) is 0 Å². The summed E-state index contributed by atoms with van der Waals surface area (Å²) >= 11 is 6.13. The van der Waals surface area contributed by atoms with Crippen molar-refractivity contribution in [3.8, 4) is 5.75 Å². The third-order valence-electron chi connectivity index (χ3n) is 3.14. The molecule has 5 heteroatoms. The Morgan fingerprint density at radius 3 is 2.67 bits per heavy atom. The van der Waals surface area contributed by atoms with E-state index in [1.165, 1.54) is 0 Å². The van der Waals surface area contributed by atoms with Crippen molar-refractivity contribution < 1.29 is 13.9 Å². The second-order valence-corrected chi connectivity index (χ2v) is 4.86. The molecule has 0 saturated carbocycles. The molecule has 114 valence electrons. The molecule has 1 atom stereocenters. The molecule has 2 rings (SSSR count). The highest BCUT2D eigenvalue weighted by molar-refractivity contribution is 6.29. The highest BCUT2D eigenvalue weighted by Crippen LogP contribution is 2.34. The lowest BCUT2D eigenvalue weighted by Gasteiger charge is -2.20. The van der Waals surface area contributed by atoms with Crippen LogP contribution >= 0.6 is 11.6 Å². The molecule has 0 saturated heterocycles. The van der Waals surface area contributed by atoms with E-state index < -0.39 is 0 Å². The molecule has 0 spiro atoms. The molecule has 0 amide bonds. The lowest BCUT2D eigenvalue weighted by atomic mass is 10.00. The van der Waals surface area contributed by atoms with Gasteiger partial charge in [0.25, 0.3) is 0 Å². The molecule has 1 unspecified atom stereocenters. The number of methoxy groups -OCH3 is 1. The summed E-state index contributed by atoms with van der Waals surface area (Å²) in [6.45, 7) is 3.91. The fraction of sp³-hybridized carbons (Fsp3) is 0.375. The third-order valence-corrected chi connectivity index (χ3v) is 3.45. The van der Waals surface area contributed by atoms with E-state index in [1.807, 2.05) is 30.3 Å². The maximum atomic E-state index is 6.13. The predicted octanol–water partition coefficient (Wildman–Crippen LogP) is 3.66. The van der Waals surface area contributed by atoms with E-state index >= 15 is 0 Å². The predicted molar refractivity (Wildman–Crippen MR) is 83.1 cm³/mol. The van der Waals surface area contributed by atoms with Gasteiger partial charge in [-0.1, -0.05) is 25.1 Å². The summed E-state index contributed by atoms with van der Waals surface area (Å²) in [6, 6.07) is 9.71. The molecule has 1 aromatic heterocycles. The Balaban J connectivity index is 2.30. The average Bonchev–Trinajstić information content (AvgIpc) is 2.92. The van der Waals surface area contributed by atoms with Gasteiger partial charge in [-0.05, 0) is 30.3 Å². The van der Waals surface area contributed by atoms with Gasteiger partial charge in [0.1, 0.15) is 12.4 Å². The third kappa shape index (κ3) is 4.00. The van der Waals surface area contributed by atoms with Gasteiger partial charge in [-0.3, -0.25) is 0 Å². The molecule has 21 heavy (non-hydrogen) atoms. The maximum absolute atomic E-state index is 6.13. The van der Waals surface area contributed by atoms with Crippen LogP contribution < -0.4 is 10.1 Å². The van der Waals surface area contributed by atoms with Crippen molar-refractivity contribution in [3.63, 3.8) is 0 Å². The summed E-state index contributed by atoms with van der Waals surface area (Å²) in [5.74, 6) is 0.817. The highest BCUT2D eigenvalue weighted by atomic mass is 35.5. The fourth-order valence-electron chi connectivity index (χ4n) is 2.19. The number of para-hydroxylation sites is 1. The molecule has 0 bridgehead atoms. The Labute approximate surface area is 130 Å². The van der Waals surface area contributed by atoms with Crippen LogP contribution in [0, 0.1) is 0 Å². The second-order valence-electron chi connectivity index (χ2n) is 4.52. The van der Waals surface area contributed by atoms with Crippen LogP contribution in [0.4, 0.5) is 0 Å². The van der Waals surface area contributed by atoms with Crippen LogP contribution in [0.1, 0.15) is 24.1 Å². The molecule has 0 aliphatic carbocycles. The van der Waals surface area contributed by atoms with E-state index in [1.54, 1.807) is 13.4 Å². The molecule has 0 radical (unpaired) electrons. The molecule has 0 aliphatic rings. The first-order valence-corrected chi connectivity index (χ1v) is 7.32. The highest BCUT2D eigenvalue weighted by Gasteiger charge is 2.21. The zero-order valence-corrected chi connectivity index (χ0v) is 13.0. The van der Waals surface area contributed by atoms with Crippen molar-refractivity contribution >= 4 is 11.6 Å². The van der Waals surface area contributed by atoms with Crippen LogP contribution in [0.2, 0.25) is 5.22 Å². The maximum Gasteiger partial charge on any atom is 0.198 e. The summed E-state index contributed by atoms with van der Waals surface area (Å²) in [5, 5.41) is 3.81. The molecule has 0 fully saturated rings. The zero-order chi connectivity index (χ0) is 15.1. The van der Waals surface area contributed by atoms with Gasteiger partial charge in [0.05, 0.1) is 18.9 Å². The first kappa shape index (κ1) is 15.9. The summed E-state index contributed by atoms with van der Waals surface area (Å²) in [7, 11) is 1.65. The largest absolute Gasteiger partial charge is 0.491 e. The van der Waals surface area contributed by atoms with Crippen molar-refractivity contribution in [1.82, 2.24) is 5.32 Å². The van der Waals surface area contributed by atoms with E-state index in [0.29, 0.717) is 18.4 Å². The minimum absolute atomic E-state index is 0.0694. The Morgan fingerprint density at radius 1 is 1.19 bits per heavy atom. The van der Waals surface area contributed by atoms with Gasteiger partial charge in [-0.15, -0.1) is 0 Å². The van der Waals surface area contributed by atoms with Crippen LogP contribution in [0.25, 0.3) is 0 Å². The summed E-state index contributed by atoms with van der Waals surface area (Å²) in [6.07, 6.45) is 1.59. The first-order chi connectivity index (χ1) is 10.3. The van der Waals surface area contributed by atoms with Gasteiger partial charge >= 0.3 is 0 Å². The number of ether oxygens (including phenoxy) is 2. The van der Waals surface area contributed by atoms with Gasteiger partial charge < -0.3 is 19.2 Å².